The molecular weight excluding hydrogens is 666 g/mol. The van der Waals surface area contributed by atoms with Crippen LogP contribution < -0.4 is 0 Å². The zero-order chi connectivity index (χ0) is 38.0. The number of carbonyl (C=O) groups excluding carboxylic acids is 2. The van der Waals surface area contributed by atoms with Gasteiger partial charge in [0.2, 0.25) is 17.2 Å². The van der Waals surface area contributed by atoms with Gasteiger partial charge in [0.1, 0.15) is 6.10 Å². The van der Waals surface area contributed by atoms with Gasteiger partial charge in [-0.1, -0.05) is 63.2 Å². The second-order valence-corrected chi connectivity index (χ2v) is 19.5. The third kappa shape index (κ3) is 4.75. The quantitative estimate of drug-likeness (QED) is 0.268. The maximum Gasteiger partial charge on any atom is 0.312 e. The number of carboxylic acid groups (broad SMARTS) is 1. The predicted molar refractivity (Wildman–Crippen MR) is 200 cm³/mol. The minimum absolute atomic E-state index is 0.00875. The molecule has 282 valence electrons. The summed E-state index contributed by atoms with van der Waals surface area (Å²) in [6, 6.07) is 13.3. The van der Waals surface area contributed by atoms with Gasteiger partial charge < -0.3 is 14.3 Å². The normalized spacial score (nSPS) is 39.8. The number of nitrogens with zero attached hydrogens (tertiary/aromatic N) is 3. The second-order valence-electron chi connectivity index (χ2n) is 19.5. The summed E-state index contributed by atoms with van der Waals surface area (Å²) in [5, 5.41) is 18.6. The highest BCUT2D eigenvalue weighted by Crippen LogP contribution is 2.79. The van der Waals surface area contributed by atoms with E-state index in [2.05, 4.69) is 57.8 Å². The lowest BCUT2D eigenvalue weighted by molar-refractivity contribution is -0.231. The minimum Gasteiger partial charge on any atom is -0.481 e. The third-order valence-electron chi connectivity index (χ3n) is 16.3. The number of benzene rings is 1. The summed E-state index contributed by atoms with van der Waals surface area (Å²) in [6.07, 6.45) is 8.05. The summed E-state index contributed by atoms with van der Waals surface area (Å²) in [5.74, 6) is 0.768. The summed E-state index contributed by atoms with van der Waals surface area (Å²) >= 11 is 0. The number of ketones is 1. The highest BCUT2D eigenvalue weighted by molar-refractivity contribution is 6.00. The molecule has 6 aliphatic rings. The Balaban J connectivity index is 1.10. The number of hydrogen-bond donors (Lipinski definition) is 1. The summed E-state index contributed by atoms with van der Waals surface area (Å²) in [5.41, 5.74) is 0.767. The predicted octanol–water partition coefficient (Wildman–Crippen LogP) is 9.12. The number of allylic oxidation sites excluding steroid dienone is 2. The number of aliphatic carboxylic acids is 1. The van der Waals surface area contributed by atoms with Crippen molar-refractivity contribution in [1.82, 2.24) is 10.2 Å². The van der Waals surface area contributed by atoms with Gasteiger partial charge in [-0.3, -0.25) is 14.4 Å². The number of rotatable bonds is 8. The first-order valence-electron chi connectivity index (χ1n) is 19.9. The second kappa shape index (κ2) is 11.6. The van der Waals surface area contributed by atoms with Crippen LogP contribution in [0.15, 0.2) is 45.9 Å². The summed E-state index contributed by atoms with van der Waals surface area (Å²) in [7, 11) is 0. The molecule has 5 aliphatic carbocycles. The van der Waals surface area contributed by atoms with E-state index in [-0.39, 0.29) is 46.0 Å². The van der Waals surface area contributed by atoms with Crippen LogP contribution in [0.2, 0.25) is 0 Å². The van der Waals surface area contributed by atoms with E-state index in [1.807, 2.05) is 30.3 Å². The number of carboxylic acids is 1. The third-order valence-corrected chi connectivity index (χ3v) is 16.3. The molecule has 0 bridgehead atoms. The minimum atomic E-state index is -1.19. The van der Waals surface area contributed by atoms with Crippen molar-refractivity contribution in [3.8, 4) is 17.5 Å². The van der Waals surface area contributed by atoms with Crippen molar-refractivity contribution in [3.63, 3.8) is 0 Å². The molecule has 1 unspecified atom stereocenters. The molecule has 1 aromatic carbocycles. The molecule has 9 atom stereocenters. The zero-order valence-electron chi connectivity index (χ0n) is 32.8. The molecule has 1 spiro atoms. The topological polar surface area (TPSA) is 124 Å². The molecule has 9 heteroatoms. The Hall–Kier alpha value is -3.80. The van der Waals surface area contributed by atoms with Gasteiger partial charge in [-0.05, 0) is 112 Å². The molecule has 1 N–H and O–H groups in total. The highest BCUT2D eigenvalue weighted by atomic mass is 16.5. The van der Waals surface area contributed by atoms with Crippen molar-refractivity contribution in [2.75, 3.05) is 0 Å². The molecule has 53 heavy (non-hydrogen) atoms. The maximum absolute atomic E-state index is 14.1. The Morgan fingerprint density at radius 1 is 0.981 bits per heavy atom. The molecule has 4 fully saturated rings. The molecule has 0 saturated heterocycles. The van der Waals surface area contributed by atoms with Crippen molar-refractivity contribution in [1.29, 1.82) is 0 Å². The Morgan fingerprint density at radius 2 is 1.70 bits per heavy atom. The number of ether oxygens (including phenoxy) is 1. The first-order chi connectivity index (χ1) is 24.9. The number of esters is 1. The summed E-state index contributed by atoms with van der Waals surface area (Å²) < 4.78 is 12.5. The summed E-state index contributed by atoms with van der Waals surface area (Å²) in [4.78, 5) is 44.2. The van der Waals surface area contributed by atoms with Crippen molar-refractivity contribution < 1.29 is 28.6 Å². The maximum atomic E-state index is 14.1. The lowest BCUT2D eigenvalue weighted by Gasteiger charge is -2.71. The zero-order valence-corrected chi connectivity index (χ0v) is 32.8. The molecule has 9 nitrogen and oxygen atoms in total. The van der Waals surface area contributed by atoms with Crippen molar-refractivity contribution in [2.24, 2.45) is 50.2 Å². The van der Waals surface area contributed by atoms with Gasteiger partial charge in [-0.25, -0.2) is 0 Å². The van der Waals surface area contributed by atoms with Crippen LogP contribution >= 0.6 is 0 Å². The Bertz CT molecular complexity index is 1990. The smallest absolute Gasteiger partial charge is 0.312 e. The van der Waals surface area contributed by atoms with Crippen molar-refractivity contribution in [3.05, 3.63) is 52.2 Å². The molecule has 1 aliphatic heterocycles. The lowest BCUT2D eigenvalue weighted by Crippen LogP contribution is -2.74. The van der Waals surface area contributed by atoms with E-state index < -0.39 is 28.3 Å². The van der Waals surface area contributed by atoms with E-state index in [9.17, 15) is 19.5 Å². The van der Waals surface area contributed by atoms with Crippen LogP contribution in [0.1, 0.15) is 125 Å². The number of aromatic nitrogens is 2. The molecule has 4 saturated carbocycles. The fourth-order valence-corrected chi connectivity index (χ4v) is 13.2. The van der Waals surface area contributed by atoms with Gasteiger partial charge in [0.25, 0.3) is 6.07 Å². The van der Waals surface area contributed by atoms with Gasteiger partial charge >= 0.3 is 17.5 Å². The van der Waals surface area contributed by atoms with Crippen LogP contribution in [0.5, 0.6) is 0 Å². The number of hydrogen-bond acceptors (Lipinski definition) is 7. The number of Topliss-reactive ketones (excluding diaryl/α,β-unsaturated/α-hetero) is 1. The molecule has 8 rings (SSSR count). The Morgan fingerprint density at radius 3 is 2.36 bits per heavy atom. The van der Waals surface area contributed by atoms with Crippen LogP contribution in [0, 0.1) is 56.3 Å². The van der Waals surface area contributed by atoms with E-state index in [4.69, 9.17) is 14.0 Å². The number of fused-ring (bicyclic) bond motifs is 6. The Labute approximate surface area is 313 Å². The van der Waals surface area contributed by atoms with E-state index in [0.717, 1.165) is 56.1 Å². The van der Waals surface area contributed by atoms with E-state index in [1.54, 1.807) is 13.8 Å². The van der Waals surface area contributed by atoms with E-state index in [1.165, 1.54) is 5.57 Å². The molecule has 2 aromatic rings. The van der Waals surface area contributed by atoms with Crippen LogP contribution in [0.3, 0.4) is 0 Å². The van der Waals surface area contributed by atoms with E-state index >= 15 is 0 Å². The first kappa shape index (κ1) is 36.2. The molecule has 1 aromatic heterocycles. The van der Waals surface area contributed by atoms with Gasteiger partial charge in [-0.2, -0.15) is 0 Å². The van der Waals surface area contributed by atoms with Crippen molar-refractivity contribution >= 4 is 17.7 Å². The Kier molecular flexibility index (Phi) is 7.92. The van der Waals surface area contributed by atoms with Gasteiger partial charge in [0.05, 0.1) is 17.3 Å². The average Bonchev–Trinajstić information content (AvgIpc) is 3.67. The van der Waals surface area contributed by atoms with Crippen LogP contribution in [-0.4, -0.2) is 44.7 Å². The molecule has 0 radical (unpaired) electrons. The fraction of sp³-hybridized carbons (Fsp3) is 0.682. The SMILES string of the molecule is CC(C)C1=C2[C@H]3CC[C@@H]4[C@@]5(C)CCC(OC(=O)CC(C)(C)C(=O)O)[C@@]6(C)C#[N+][C@]65CC[C@@]4(C)[C@]3(C)CC[C@@]2(Cc2nnc(-c3ccccc3)o2)CC1=O. The molecule has 0 amide bonds. The van der Waals surface area contributed by atoms with Gasteiger partial charge in [0.15, 0.2) is 5.78 Å². The standard InChI is InChI=1S/C44H55N3O6/c1-26(2)34-29(48)22-43(23-32-46-47-36(53-32)27-12-10-9-11-13-27)20-18-39(5)28(35(34)43)14-15-30-40(39,6)19-21-44-41(30,7)17-16-31(42(44,8)25-45-44)52-33(49)24-38(3,4)37(50)51/h9-13,26,28,30-31H,14-24H2,1-8H3/p+1/t28-,30+,31?,39-,40-,41-,42-,43+,44+/m1/s1. The first-order valence-corrected chi connectivity index (χ1v) is 19.9. The van der Waals surface area contributed by atoms with Crippen LogP contribution in [-0.2, 0) is 25.5 Å². The fourth-order valence-electron chi connectivity index (χ4n) is 13.2. The highest BCUT2D eigenvalue weighted by Gasteiger charge is 2.85. The van der Waals surface area contributed by atoms with Gasteiger partial charge in [0, 0.05) is 30.2 Å². The monoisotopic (exact) mass is 722 g/mol. The largest absolute Gasteiger partial charge is 0.481 e. The van der Waals surface area contributed by atoms with Crippen LogP contribution in [0.4, 0.5) is 0 Å². The lowest BCUT2D eigenvalue weighted by atomic mass is 9.30. The average molecular weight is 723 g/mol. The van der Waals surface area contributed by atoms with Gasteiger partial charge in [-0.15, -0.1) is 10.2 Å². The van der Waals surface area contributed by atoms with E-state index in [0.29, 0.717) is 42.7 Å². The molecule has 2 heterocycles. The number of carbonyl (C=O) groups is 3. The van der Waals surface area contributed by atoms with Crippen molar-refractivity contribution in [2.45, 2.75) is 138 Å². The summed E-state index contributed by atoms with van der Waals surface area (Å²) in [6.45, 7) is 17.2. The van der Waals surface area contributed by atoms with Crippen LogP contribution in [0.25, 0.3) is 16.3 Å². The molecular formula is C44H56N3O6+.